The molecule has 0 saturated heterocycles. The van der Waals surface area contributed by atoms with Gasteiger partial charge in [-0.1, -0.05) is 42.5 Å². The maximum absolute atomic E-state index is 12.7. The van der Waals surface area contributed by atoms with Crippen molar-refractivity contribution in [2.45, 2.75) is 12.5 Å². The van der Waals surface area contributed by atoms with Crippen LogP contribution in [0.3, 0.4) is 0 Å². The van der Waals surface area contributed by atoms with Crippen molar-refractivity contribution < 1.29 is 9.90 Å². The van der Waals surface area contributed by atoms with Gasteiger partial charge in [0.2, 0.25) is 5.91 Å². The molecule has 0 unspecified atom stereocenters. The summed E-state index contributed by atoms with van der Waals surface area (Å²) < 4.78 is 2.07. The zero-order valence-corrected chi connectivity index (χ0v) is 14.7. The van der Waals surface area contributed by atoms with E-state index in [4.69, 9.17) is 0 Å². The van der Waals surface area contributed by atoms with Crippen LogP contribution in [-0.4, -0.2) is 15.6 Å². The molecule has 134 valence electrons. The van der Waals surface area contributed by atoms with Gasteiger partial charge in [-0.2, -0.15) is 0 Å². The summed E-state index contributed by atoms with van der Waals surface area (Å²) in [6.45, 7) is 0. The Morgan fingerprint density at radius 1 is 0.889 bits per heavy atom. The summed E-state index contributed by atoms with van der Waals surface area (Å²) in [6, 6.07) is 24.8. The number of aromatic hydroxyl groups is 1. The van der Waals surface area contributed by atoms with Gasteiger partial charge in [0, 0.05) is 18.1 Å². The van der Waals surface area contributed by atoms with E-state index >= 15 is 0 Å². The summed E-state index contributed by atoms with van der Waals surface area (Å²) in [5, 5.41) is 14.6. The van der Waals surface area contributed by atoms with Gasteiger partial charge in [-0.25, -0.2) is 0 Å². The molecule has 3 aromatic carbocycles. The molecule has 0 aliphatic carbocycles. The predicted octanol–water partition coefficient (Wildman–Crippen LogP) is 4.97. The maximum atomic E-state index is 12.7. The minimum atomic E-state index is -0.108. The third-order valence-electron chi connectivity index (χ3n) is 4.70. The number of phenols is 1. The maximum Gasteiger partial charge on any atom is 0.226 e. The topological polar surface area (TPSA) is 54.3 Å². The molecule has 4 nitrogen and oxygen atoms in total. The molecule has 1 atom stereocenters. The fourth-order valence-electron chi connectivity index (χ4n) is 3.41. The molecule has 0 bridgehead atoms. The Kier molecular flexibility index (Phi) is 4.62. The second-order valence-corrected chi connectivity index (χ2v) is 6.51. The van der Waals surface area contributed by atoms with E-state index in [1.165, 1.54) is 0 Å². The molecule has 0 radical (unpaired) electrons. The van der Waals surface area contributed by atoms with Crippen LogP contribution in [0.25, 0.3) is 10.8 Å². The Hall–Kier alpha value is -3.53. The number of phenolic OH excluding ortho intramolecular Hbond substituents is 1. The van der Waals surface area contributed by atoms with Crippen molar-refractivity contribution in [1.82, 2.24) is 4.57 Å². The molecule has 1 amide bonds. The zero-order chi connectivity index (χ0) is 18.6. The lowest BCUT2D eigenvalue weighted by Crippen LogP contribution is -2.19. The number of carbonyl (C=O) groups excluding carboxylic acids is 1. The second-order valence-electron chi connectivity index (χ2n) is 6.51. The van der Waals surface area contributed by atoms with Gasteiger partial charge < -0.3 is 15.0 Å². The number of hydrogen-bond donors (Lipinski definition) is 2. The molecule has 4 heteroatoms. The van der Waals surface area contributed by atoms with Crippen molar-refractivity contribution in [2.75, 3.05) is 5.32 Å². The van der Waals surface area contributed by atoms with E-state index in [1.54, 1.807) is 24.3 Å². The van der Waals surface area contributed by atoms with E-state index in [-0.39, 0.29) is 17.7 Å². The number of aromatic nitrogens is 1. The molecule has 0 aliphatic heterocycles. The van der Waals surface area contributed by atoms with Gasteiger partial charge in [0.1, 0.15) is 5.75 Å². The van der Waals surface area contributed by atoms with E-state index in [1.807, 2.05) is 42.7 Å². The first-order valence-electron chi connectivity index (χ1n) is 8.90. The number of carbonyl (C=O) groups is 1. The van der Waals surface area contributed by atoms with Crippen LogP contribution in [0.2, 0.25) is 0 Å². The van der Waals surface area contributed by atoms with Crippen molar-refractivity contribution >= 4 is 22.4 Å². The second kappa shape index (κ2) is 7.38. The highest BCUT2D eigenvalue weighted by molar-refractivity contribution is 5.92. The van der Waals surface area contributed by atoms with Crippen LogP contribution in [0.15, 0.2) is 91.3 Å². The van der Waals surface area contributed by atoms with Crippen LogP contribution < -0.4 is 5.32 Å². The van der Waals surface area contributed by atoms with Gasteiger partial charge in [0.25, 0.3) is 0 Å². The van der Waals surface area contributed by atoms with Gasteiger partial charge in [-0.3, -0.25) is 4.79 Å². The average Bonchev–Trinajstić information content (AvgIpc) is 3.22. The Morgan fingerprint density at radius 3 is 2.37 bits per heavy atom. The highest BCUT2D eigenvalue weighted by atomic mass is 16.3. The van der Waals surface area contributed by atoms with E-state index in [0.29, 0.717) is 12.1 Å². The molecule has 2 N–H and O–H groups in total. The number of rotatable bonds is 5. The number of anilines is 1. The van der Waals surface area contributed by atoms with Gasteiger partial charge in [0.15, 0.2) is 0 Å². The van der Waals surface area contributed by atoms with Crippen molar-refractivity contribution in [1.29, 1.82) is 0 Å². The predicted molar refractivity (Wildman–Crippen MR) is 108 cm³/mol. The Balaban J connectivity index is 1.66. The summed E-state index contributed by atoms with van der Waals surface area (Å²) in [5.74, 6) is 0.0984. The number of fused-ring (bicyclic) bond motifs is 1. The molecular formula is C23H20N2O2. The summed E-state index contributed by atoms with van der Waals surface area (Å²) in [6.07, 6.45) is 4.28. The molecule has 27 heavy (non-hydrogen) atoms. The van der Waals surface area contributed by atoms with Crippen LogP contribution in [0.1, 0.15) is 18.0 Å². The Bertz CT molecular complexity index is 1050. The highest BCUT2D eigenvalue weighted by Crippen LogP contribution is 2.30. The van der Waals surface area contributed by atoms with Crippen molar-refractivity contribution in [2.24, 2.45) is 0 Å². The first kappa shape index (κ1) is 16.9. The van der Waals surface area contributed by atoms with Crippen molar-refractivity contribution in [3.8, 4) is 5.75 Å². The van der Waals surface area contributed by atoms with E-state index in [9.17, 15) is 9.90 Å². The number of benzene rings is 3. The number of nitrogens with zero attached hydrogens (tertiary/aromatic N) is 1. The molecule has 0 saturated carbocycles. The summed E-state index contributed by atoms with van der Waals surface area (Å²) in [7, 11) is 0. The lowest BCUT2D eigenvalue weighted by atomic mass is 9.96. The van der Waals surface area contributed by atoms with Crippen LogP contribution in [0.5, 0.6) is 5.75 Å². The molecule has 4 rings (SSSR count). The zero-order valence-electron chi connectivity index (χ0n) is 14.7. The lowest BCUT2D eigenvalue weighted by molar-refractivity contribution is -0.116. The van der Waals surface area contributed by atoms with Gasteiger partial charge >= 0.3 is 0 Å². The van der Waals surface area contributed by atoms with E-state index < -0.39 is 0 Å². The normalized spacial score (nSPS) is 12.0. The molecule has 0 spiro atoms. The lowest BCUT2D eigenvalue weighted by Gasteiger charge is -2.21. The third-order valence-corrected chi connectivity index (χ3v) is 4.70. The molecule has 4 aromatic rings. The van der Waals surface area contributed by atoms with Crippen LogP contribution in [0.4, 0.5) is 5.69 Å². The molecule has 1 aromatic heterocycles. The first-order valence-corrected chi connectivity index (χ1v) is 8.90. The fraction of sp³-hybridized carbons (Fsp3) is 0.0870. The molecule has 1 heterocycles. The number of amides is 1. The number of nitrogens with one attached hydrogen (secondary N) is 1. The van der Waals surface area contributed by atoms with Crippen LogP contribution >= 0.6 is 0 Å². The largest absolute Gasteiger partial charge is 0.508 e. The first-order chi connectivity index (χ1) is 13.2. The van der Waals surface area contributed by atoms with Crippen molar-refractivity contribution in [3.63, 3.8) is 0 Å². The monoisotopic (exact) mass is 356 g/mol. The highest BCUT2D eigenvalue weighted by Gasteiger charge is 2.19. The quantitative estimate of drug-likeness (QED) is 0.496. The van der Waals surface area contributed by atoms with Crippen LogP contribution in [0, 0.1) is 0 Å². The van der Waals surface area contributed by atoms with Crippen LogP contribution in [-0.2, 0) is 4.79 Å². The standard InChI is InChI=1S/C23H20N2O2/c26-19-12-10-18(11-13-19)24-23(27)16-22(25-14-3-4-15-25)21-9-5-7-17-6-1-2-8-20(17)21/h1-15,22,26H,16H2,(H,24,27)/t22-/m0/s1. The summed E-state index contributed by atoms with van der Waals surface area (Å²) in [5.41, 5.74) is 1.78. The minimum Gasteiger partial charge on any atom is -0.508 e. The van der Waals surface area contributed by atoms with E-state index in [2.05, 4.69) is 34.1 Å². The smallest absolute Gasteiger partial charge is 0.226 e. The summed E-state index contributed by atoms with van der Waals surface area (Å²) >= 11 is 0. The van der Waals surface area contributed by atoms with Crippen molar-refractivity contribution in [3.05, 3.63) is 96.8 Å². The third kappa shape index (κ3) is 3.70. The van der Waals surface area contributed by atoms with Gasteiger partial charge in [-0.15, -0.1) is 0 Å². The number of hydrogen-bond acceptors (Lipinski definition) is 2. The summed E-state index contributed by atoms with van der Waals surface area (Å²) in [4.78, 5) is 12.7. The van der Waals surface area contributed by atoms with Gasteiger partial charge in [0.05, 0.1) is 12.5 Å². The minimum absolute atomic E-state index is 0.0766. The SMILES string of the molecule is O=C(C[C@@H](c1cccc2ccccc12)n1cccc1)Nc1ccc(O)cc1. The average molecular weight is 356 g/mol. The van der Waals surface area contributed by atoms with E-state index in [0.717, 1.165) is 16.3 Å². The Labute approximate surface area is 157 Å². The fourth-order valence-corrected chi connectivity index (χ4v) is 3.41. The molecule has 0 aliphatic rings. The molecular weight excluding hydrogens is 336 g/mol. The van der Waals surface area contributed by atoms with Gasteiger partial charge in [-0.05, 0) is 52.7 Å². The Morgan fingerprint density at radius 2 is 1.59 bits per heavy atom. The molecule has 0 fully saturated rings.